The molecule has 154 valence electrons. The van der Waals surface area contributed by atoms with Crippen LogP contribution in [-0.4, -0.2) is 51.5 Å². The molecule has 7 N–H and O–H groups in total. The highest BCUT2D eigenvalue weighted by molar-refractivity contribution is 5.97. The molecule has 1 aliphatic rings. The molecule has 4 atom stereocenters. The van der Waals surface area contributed by atoms with E-state index in [1.54, 1.807) is 38.1 Å². The van der Waals surface area contributed by atoms with Gasteiger partial charge in [-0.05, 0) is 56.4 Å². The molecule has 1 aromatic rings. The summed E-state index contributed by atoms with van der Waals surface area (Å²) in [7, 11) is 0. The van der Waals surface area contributed by atoms with Crippen LogP contribution in [0.1, 0.15) is 36.2 Å². The summed E-state index contributed by atoms with van der Waals surface area (Å²) in [6.07, 6.45) is 0.0392. The molecule has 0 aromatic heterocycles. The normalized spacial score (nSPS) is 21.4. The van der Waals surface area contributed by atoms with Crippen LogP contribution in [0.25, 0.3) is 0 Å². The van der Waals surface area contributed by atoms with Gasteiger partial charge in [0.2, 0.25) is 0 Å². The summed E-state index contributed by atoms with van der Waals surface area (Å²) in [6.45, 7) is 3.01. The van der Waals surface area contributed by atoms with Crippen molar-refractivity contribution < 1.29 is 25.0 Å². The summed E-state index contributed by atoms with van der Waals surface area (Å²) in [4.78, 5) is 24.1. The van der Waals surface area contributed by atoms with Gasteiger partial charge >= 0.3 is 0 Å². The zero-order valence-electron chi connectivity index (χ0n) is 16.3. The van der Waals surface area contributed by atoms with Crippen LogP contribution in [0.15, 0.2) is 24.3 Å². The number of benzene rings is 1. The van der Waals surface area contributed by atoms with E-state index in [9.17, 15) is 14.7 Å². The number of amides is 2. The first-order valence-electron chi connectivity index (χ1n) is 9.11. The van der Waals surface area contributed by atoms with Gasteiger partial charge in [-0.3, -0.25) is 14.8 Å². The number of hydroxylamine groups is 1. The van der Waals surface area contributed by atoms with E-state index >= 15 is 0 Å². The summed E-state index contributed by atoms with van der Waals surface area (Å²) < 4.78 is 0. The van der Waals surface area contributed by atoms with Crippen LogP contribution in [0, 0.1) is 35.5 Å². The van der Waals surface area contributed by atoms with Gasteiger partial charge in [-0.25, -0.2) is 5.48 Å². The van der Waals surface area contributed by atoms with Crippen molar-refractivity contribution in [3.05, 3.63) is 35.4 Å². The Bertz CT molecular complexity index is 868. The monoisotopic (exact) mass is 399 g/mol. The van der Waals surface area contributed by atoms with E-state index in [1.165, 1.54) is 5.48 Å². The molecule has 0 aliphatic heterocycles. The standard InChI is InChI=1S/C21H25N3O5/c1-21(2,22)18(20(28)24-29)23-19(27)14-9-7-13(8-10-14)5-3-4-6-15-11-17(26)16(15)12-25/h7-10,15-18,25-26,29H,11-12,22H2,1-2H3,(H,23,27)(H,24,28)/t15-,16+,17-,18+/m0/s1. The minimum atomic E-state index is -1.12. The fourth-order valence-corrected chi connectivity index (χ4v) is 2.90. The van der Waals surface area contributed by atoms with Crippen molar-refractivity contribution >= 4 is 11.8 Å². The molecule has 0 heterocycles. The van der Waals surface area contributed by atoms with Crippen LogP contribution >= 0.6 is 0 Å². The van der Waals surface area contributed by atoms with Gasteiger partial charge in [0.25, 0.3) is 11.8 Å². The first-order valence-corrected chi connectivity index (χ1v) is 9.11. The van der Waals surface area contributed by atoms with E-state index in [2.05, 4.69) is 29.0 Å². The fourth-order valence-electron chi connectivity index (χ4n) is 2.90. The lowest BCUT2D eigenvalue weighted by Gasteiger charge is -2.37. The Hall–Kier alpha value is -2.88. The number of nitrogens with one attached hydrogen (secondary N) is 2. The lowest BCUT2D eigenvalue weighted by Crippen LogP contribution is -2.61. The molecule has 1 aromatic carbocycles. The third-order valence-electron chi connectivity index (χ3n) is 4.78. The summed E-state index contributed by atoms with van der Waals surface area (Å²) in [5, 5.41) is 30.0. The number of carbonyl (C=O) groups is 2. The molecule has 1 fully saturated rings. The maximum atomic E-state index is 12.4. The Morgan fingerprint density at radius 3 is 2.45 bits per heavy atom. The third-order valence-corrected chi connectivity index (χ3v) is 4.78. The average molecular weight is 399 g/mol. The largest absolute Gasteiger partial charge is 0.396 e. The van der Waals surface area contributed by atoms with Crippen molar-refractivity contribution in [2.45, 2.75) is 38.0 Å². The quantitative estimate of drug-likeness (QED) is 0.221. The molecule has 2 rings (SSSR count). The molecular formula is C21H25N3O5. The minimum Gasteiger partial charge on any atom is -0.396 e. The molecule has 0 bridgehead atoms. The van der Waals surface area contributed by atoms with Gasteiger partial charge < -0.3 is 21.3 Å². The van der Waals surface area contributed by atoms with Crippen molar-refractivity contribution in [3.8, 4) is 23.7 Å². The zero-order chi connectivity index (χ0) is 21.6. The van der Waals surface area contributed by atoms with Crippen molar-refractivity contribution in [3.63, 3.8) is 0 Å². The van der Waals surface area contributed by atoms with E-state index in [0.717, 1.165) is 0 Å². The van der Waals surface area contributed by atoms with Gasteiger partial charge in [0.1, 0.15) is 6.04 Å². The van der Waals surface area contributed by atoms with Gasteiger partial charge in [-0.1, -0.05) is 11.8 Å². The summed E-state index contributed by atoms with van der Waals surface area (Å²) in [6, 6.07) is 5.26. The van der Waals surface area contributed by atoms with Crippen molar-refractivity contribution in [2.24, 2.45) is 17.6 Å². The SMILES string of the molecule is CC(C)(N)[C@H](NC(=O)c1ccc(C#CC#C[C@H]2C[C@H](O)[C@@H]2CO)cc1)C(=O)NO. The molecular weight excluding hydrogens is 374 g/mol. The lowest BCUT2D eigenvalue weighted by atomic mass is 9.72. The molecule has 0 unspecified atom stereocenters. The van der Waals surface area contributed by atoms with Crippen LogP contribution < -0.4 is 16.5 Å². The van der Waals surface area contributed by atoms with Gasteiger partial charge in [0.05, 0.1) is 6.10 Å². The Morgan fingerprint density at radius 2 is 1.93 bits per heavy atom. The van der Waals surface area contributed by atoms with Crippen LogP contribution in [0.4, 0.5) is 0 Å². The molecule has 1 saturated carbocycles. The van der Waals surface area contributed by atoms with Gasteiger partial charge in [-0.2, -0.15) is 0 Å². The summed E-state index contributed by atoms with van der Waals surface area (Å²) in [5.41, 5.74) is 7.25. The average Bonchev–Trinajstić information content (AvgIpc) is 2.67. The van der Waals surface area contributed by atoms with Gasteiger partial charge in [-0.15, -0.1) is 0 Å². The second-order valence-electron chi connectivity index (χ2n) is 7.56. The fraction of sp³-hybridized carbons (Fsp3) is 0.429. The Labute approximate surface area is 169 Å². The second kappa shape index (κ2) is 9.55. The zero-order valence-corrected chi connectivity index (χ0v) is 16.3. The molecule has 29 heavy (non-hydrogen) atoms. The highest BCUT2D eigenvalue weighted by atomic mass is 16.5. The van der Waals surface area contributed by atoms with Crippen LogP contribution in [-0.2, 0) is 4.79 Å². The maximum absolute atomic E-state index is 12.4. The van der Waals surface area contributed by atoms with Crippen molar-refractivity contribution in [1.29, 1.82) is 0 Å². The minimum absolute atomic E-state index is 0.0498. The number of aliphatic hydroxyl groups excluding tert-OH is 2. The molecule has 0 radical (unpaired) electrons. The summed E-state index contributed by atoms with van der Waals surface area (Å²) in [5.74, 6) is 9.62. The van der Waals surface area contributed by atoms with Crippen LogP contribution in [0.2, 0.25) is 0 Å². The predicted octanol–water partition coefficient (Wildman–Crippen LogP) is -0.628. The Balaban J connectivity index is 2.00. The van der Waals surface area contributed by atoms with E-state index in [4.69, 9.17) is 16.0 Å². The Kier molecular flexibility index (Phi) is 7.38. The molecule has 0 spiro atoms. The number of hydrogen-bond donors (Lipinski definition) is 6. The topological polar surface area (TPSA) is 145 Å². The molecule has 8 heteroatoms. The molecule has 0 saturated heterocycles. The van der Waals surface area contributed by atoms with Crippen molar-refractivity contribution in [2.75, 3.05) is 6.61 Å². The highest BCUT2D eigenvalue weighted by Crippen LogP contribution is 2.33. The van der Waals surface area contributed by atoms with E-state index in [1.807, 2.05) is 0 Å². The van der Waals surface area contributed by atoms with Crippen LogP contribution in [0.3, 0.4) is 0 Å². The van der Waals surface area contributed by atoms with Crippen LogP contribution in [0.5, 0.6) is 0 Å². The smallest absolute Gasteiger partial charge is 0.267 e. The Morgan fingerprint density at radius 1 is 1.28 bits per heavy atom. The number of nitrogens with two attached hydrogens (primary N) is 1. The van der Waals surface area contributed by atoms with Gasteiger partial charge in [0.15, 0.2) is 0 Å². The maximum Gasteiger partial charge on any atom is 0.267 e. The number of aliphatic hydroxyl groups is 2. The first-order chi connectivity index (χ1) is 13.7. The van der Waals surface area contributed by atoms with E-state index < -0.39 is 29.5 Å². The molecule has 2 amide bonds. The second-order valence-corrected chi connectivity index (χ2v) is 7.56. The number of rotatable bonds is 5. The predicted molar refractivity (Wildman–Crippen MR) is 105 cm³/mol. The molecule has 8 nitrogen and oxygen atoms in total. The van der Waals surface area contributed by atoms with E-state index in [-0.39, 0.29) is 18.4 Å². The first kappa shape index (κ1) is 22.4. The van der Waals surface area contributed by atoms with E-state index in [0.29, 0.717) is 17.5 Å². The lowest BCUT2D eigenvalue weighted by molar-refractivity contribution is -0.132. The number of hydrogen-bond acceptors (Lipinski definition) is 6. The van der Waals surface area contributed by atoms with Gasteiger partial charge in [0, 0.05) is 35.1 Å². The van der Waals surface area contributed by atoms with Crippen molar-refractivity contribution in [1.82, 2.24) is 10.8 Å². The third kappa shape index (κ3) is 5.80. The molecule has 1 aliphatic carbocycles. The highest BCUT2D eigenvalue weighted by Gasteiger charge is 2.38. The summed E-state index contributed by atoms with van der Waals surface area (Å²) >= 11 is 0. The number of carbonyl (C=O) groups excluding carboxylic acids is 2.